The molecule has 0 aliphatic heterocycles. The summed E-state index contributed by atoms with van der Waals surface area (Å²) in [6.45, 7) is -0.307. The molecular formula is C14H10F2N2O2. The molecule has 102 valence electrons. The lowest BCUT2D eigenvalue weighted by Crippen LogP contribution is -2.29. The number of carbonyl (C=O) groups is 2. The molecule has 0 radical (unpaired) electrons. The van der Waals surface area contributed by atoms with E-state index in [0.717, 1.165) is 18.2 Å². The molecule has 0 spiro atoms. The highest BCUT2D eigenvalue weighted by atomic mass is 19.2. The van der Waals surface area contributed by atoms with E-state index < -0.39 is 23.3 Å². The van der Waals surface area contributed by atoms with Crippen LogP contribution < -0.4 is 5.32 Å². The van der Waals surface area contributed by atoms with Gasteiger partial charge in [-0.05, 0) is 30.3 Å². The van der Waals surface area contributed by atoms with Crippen LogP contribution in [-0.4, -0.2) is 23.2 Å². The van der Waals surface area contributed by atoms with Crippen LogP contribution in [0.2, 0.25) is 0 Å². The molecule has 0 fully saturated rings. The van der Waals surface area contributed by atoms with Crippen LogP contribution in [0.15, 0.2) is 42.7 Å². The summed E-state index contributed by atoms with van der Waals surface area (Å²) < 4.78 is 25.7. The number of rotatable bonds is 4. The number of nitrogens with one attached hydrogen (secondary N) is 1. The van der Waals surface area contributed by atoms with Crippen LogP contribution in [0, 0.1) is 11.6 Å². The average molecular weight is 276 g/mol. The standard InChI is InChI=1S/C14H10F2N2O2/c15-11-4-3-9(6-12(11)16)13(19)8-18-14(20)10-2-1-5-17-7-10/h1-7H,8H2,(H,18,20). The molecule has 4 nitrogen and oxygen atoms in total. The maximum Gasteiger partial charge on any atom is 0.253 e. The first kappa shape index (κ1) is 13.8. The summed E-state index contributed by atoms with van der Waals surface area (Å²) >= 11 is 0. The Morgan fingerprint density at radius 2 is 1.90 bits per heavy atom. The molecule has 2 rings (SSSR count). The molecule has 0 saturated carbocycles. The zero-order chi connectivity index (χ0) is 14.5. The van der Waals surface area contributed by atoms with E-state index in [0.29, 0.717) is 5.56 Å². The van der Waals surface area contributed by atoms with Gasteiger partial charge in [0.1, 0.15) is 0 Å². The Kier molecular flexibility index (Phi) is 4.14. The van der Waals surface area contributed by atoms with Gasteiger partial charge in [0.2, 0.25) is 0 Å². The highest BCUT2D eigenvalue weighted by Gasteiger charge is 2.12. The fraction of sp³-hybridized carbons (Fsp3) is 0.0714. The predicted octanol–water partition coefficient (Wildman–Crippen LogP) is 1.97. The summed E-state index contributed by atoms with van der Waals surface area (Å²) in [5.41, 5.74) is 0.306. The molecular weight excluding hydrogens is 266 g/mol. The summed E-state index contributed by atoms with van der Waals surface area (Å²) in [4.78, 5) is 27.2. The van der Waals surface area contributed by atoms with Crippen molar-refractivity contribution in [1.29, 1.82) is 0 Å². The van der Waals surface area contributed by atoms with Crippen molar-refractivity contribution in [2.75, 3.05) is 6.54 Å². The van der Waals surface area contributed by atoms with E-state index in [9.17, 15) is 18.4 Å². The van der Waals surface area contributed by atoms with Gasteiger partial charge in [-0.3, -0.25) is 14.6 Å². The van der Waals surface area contributed by atoms with E-state index in [4.69, 9.17) is 0 Å². The van der Waals surface area contributed by atoms with Gasteiger partial charge in [0.05, 0.1) is 12.1 Å². The Hall–Kier alpha value is -2.63. The monoisotopic (exact) mass is 276 g/mol. The Balaban J connectivity index is 1.98. The summed E-state index contributed by atoms with van der Waals surface area (Å²) in [5.74, 6) is -3.11. The van der Waals surface area contributed by atoms with E-state index in [1.807, 2.05) is 0 Å². The van der Waals surface area contributed by atoms with Crippen molar-refractivity contribution in [3.8, 4) is 0 Å². The van der Waals surface area contributed by atoms with Gasteiger partial charge < -0.3 is 5.32 Å². The predicted molar refractivity (Wildman–Crippen MR) is 67.3 cm³/mol. The van der Waals surface area contributed by atoms with Crippen molar-refractivity contribution >= 4 is 11.7 Å². The molecule has 1 heterocycles. The lowest BCUT2D eigenvalue weighted by molar-refractivity contribution is 0.0903. The third-order valence-corrected chi connectivity index (χ3v) is 2.57. The van der Waals surface area contributed by atoms with E-state index in [-0.39, 0.29) is 12.1 Å². The molecule has 0 bridgehead atoms. The van der Waals surface area contributed by atoms with Crippen LogP contribution >= 0.6 is 0 Å². The summed E-state index contributed by atoms with van der Waals surface area (Å²) in [5, 5.41) is 2.39. The van der Waals surface area contributed by atoms with Crippen LogP contribution in [0.1, 0.15) is 20.7 Å². The lowest BCUT2D eigenvalue weighted by atomic mass is 10.1. The van der Waals surface area contributed by atoms with Crippen LogP contribution in [0.5, 0.6) is 0 Å². The van der Waals surface area contributed by atoms with Crippen LogP contribution in [0.4, 0.5) is 8.78 Å². The van der Waals surface area contributed by atoms with Crippen molar-refractivity contribution < 1.29 is 18.4 Å². The Morgan fingerprint density at radius 3 is 2.55 bits per heavy atom. The third-order valence-electron chi connectivity index (χ3n) is 2.57. The van der Waals surface area contributed by atoms with Crippen molar-refractivity contribution in [3.63, 3.8) is 0 Å². The average Bonchev–Trinajstić information content (AvgIpc) is 2.48. The van der Waals surface area contributed by atoms with Crippen LogP contribution in [0.25, 0.3) is 0 Å². The van der Waals surface area contributed by atoms with Crippen molar-refractivity contribution in [2.24, 2.45) is 0 Å². The van der Waals surface area contributed by atoms with E-state index in [1.165, 1.54) is 12.4 Å². The quantitative estimate of drug-likeness (QED) is 0.869. The molecule has 20 heavy (non-hydrogen) atoms. The molecule has 0 atom stereocenters. The molecule has 1 aromatic carbocycles. The number of hydrogen-bond acceptors (Lipinski definition) is 3. The minimum absolute atomic E-state index is 0.00427. The maximum atomic E-state index is 13.0. The fourth-order valence-corrected chi connectivity index (χ4v) is 1.53. The zero-order valence-corrected chi connectivity index (χ0v) is 10.3. The van der Waals surface area contributed by atoms with Gasteiger partial charge in [-0.1, -0.05) is 0 Å². The topological polar surface area (TPSA) is 59.1 Å². The highest BCUT2D eigenvalue weighted by Crippen LogP contribution is 2.09. The number of nitrogens with zero attached hydrogens (tertiary/aromatic N) is 1. The second-order valence-electron chi connectivity index (χ2n) is 3.98. The number of pyridine rings is 1. The maximum absolute atomic E-state index is 13.0. The third kappa shape index (κ3) is 3.23. The van der Waals surface area contributed by atoms with E-state index in [1.54, 1.807) is 12.1 Å². The first-order valence-corrected chi connectivity index (χ1v) is 5.74. The molecule has 2 aromatic rings. The number of hydrogen-bond donors (Lipinski definition) is 1. The zero-order valence-electron chi connectivity index (χ0n) is 10.3. The number of halogens is 2. The van der Waals surface area contributed by atoms with Crippen LogP contribution in [0.3, 0.4) is 0 Å². The van der Waals surface area contributed by atoms with Gasteiger partial charge in [0, 0.05) is 18.0 Å². The van der Waals surface area contributed by atoms with Crippen molar-refractivity contribution in [2.45, 2.75) is 0 Å². The molecule has 1 N–H and O–H groups in total. The number of Topliss-reactive ketones (excluding diaryl/α,β-unsaturated/α-hetero) is 1. The Bertz CT molecular complexity index is 645. The fourth-order valence-electron chi connectivity index (χ4n) is 1.53. The van der Waals surface area contributed by atoms with Gasteiger partial charge >= 0.3 is 0 Å². The van der Waals surface area contributed by atoms with Crippen LogP contribution in [-0.2, 0) is 0 Å². The van der Waals surface area contributed by atoms with E-state index >= 15 is 0 Å². The van der Waals surface area contributed by atoms with Crippen molar-refractivity contribution in [3.05, 3.63) is 65.5 Å². The SMILES string of the molecule is O=C(CNC(=O)c1cccnc1)c1ccc(F)c(F)c1. The summed E-state index contributed by atoms with van der Waals surface area (Å²) in [6.07, 6.45) is 2.88. The smallest absolute Gasteiger partial charge is 0.253 e. The minimum Gasteiger partial charge on any atom is -0.345 e. The molecule has 0 aliphatic carbocycles. The second-order valence-corrected chi connectivity index (χ2v) is 3.98. The Morgan fingerprint density at radius 1 is 1.10 bits per heavy atom. The molecule has 6 heteroatoms. The summed E-state index contributed by atoms with van der Waals surface area (Å²) in [7, 11) is 0. The normalized spacial score (nSPS) is 10.1. The molecule has 0 aliphatic rings. The van der Waals surface area contributed by atoms with Gasteiger partial charge in [-0.15, -0.1) is 0 Å². The van der Waals surface area contributed by atoms with Gasteiger partial charge in [0.25, 0.3) is 5.91 Å². The van der Waals surface area contributed by atoms with E-state index in [2.05, 4.69) is 10.3 Å². The van der Waals surface area contributed by atoms with Gasteiger partial charge in [-0.2, -0.15) is 0 Å². The minimum atomic E-state index is -1.10. The second kappa shape index (κ2) is 6.01. The van der Waals surface area contributed by atoms with Gasteiger partial charge in [-0.25, -0.2) is 8.78 Å². The molecule has 0 unspecified atom stereocenters. The lowest BCUT2D eigenvalue weighted by Gasteiger charge is -2.05. The summed E-state index contributed by atoms with van der Waals surface area (Å²) in [6, 6.07) is 5.97. The first-order valence-electron chi connectivity index (χ1n) is 5.74. The van der Waals surface area contributed by atoms with Gasteiger partial charge in [0.15, 0.2) is 17.4 Å². The molecule has 1 amide bonds. The number of benzene rings is 1. The Labute approximate surface area is 113 Å². The first-order chi connectivity index (χ1) is 9.58. The number of carbonyl (C=O) groups excluding carboxylic acids is 2. The highest BCUT2D eigenvalue weighted by molar-refractivity contribution is 6.02. The largest absolute Gasteiger partial charge is 0.345 e. The molecule has 1 aromatic heterocycles. The number of aromatic nitrogens is 1. The number of amides is 1. The van der Waals surface area contributed by atoms with Crippen molar-refractivity contribution in [1.82, 2.24) is 10.3 Å². The number of ketones is 1. The molecule has 0 saturated heterocycles.